The fourth-order valence-electron chi connectivity index (χ4n) is 7.70. The van der Waals surface area contributed by atoms with Crippen LogP contribution in [-0.4, -0.2) is 96.8 Å². The first-order valence-corrected chi connectivity index (χ1v) is 10.0. The van der Waals surface area contributed by atoms with Gasteiger partial charge in [-0.3, -0.25) is 4.79 Å². The van der Waals surface area contributed by atoms with Gasteiger partial charge in [0, 0.05) is 17.3 Å². The summed E-state index contributed by atoms with van der Waals surface area (Å²) in [5.41, 5.74) is -7.33. The van der Waals surface area contributed by atoms with Crippen molar-refractivity contribution in [2.75, 3.05) is 6.61 Å². The Kier molecular flexibility index (Phi) is 3.76. The fourth-order valence-corrected chi connectivity index (χ4v) is 7.70. The Balaban J connectivity index is 1.86. The zero-order valence-corrected chi connectivity index (χ0v) is 16.7. The normalized spacial score (nSPS) is 61.7. The van der Waals surface area contributed by atoms with Gasteiger partial charge in [0.15, 0.2) is 11.9 Å². The number of rotatable bonds is 0. The van der Waals surface area contributed by atoms with Crippen molar-refractivity contribution >= 4 is 11.8 Å². The largest absolute Gasteiger partial charge is 0.457 e. The number of hydrogen-bond acceptors (Lipinski definition) is 10. The first-order chi connectivity index (χ1) is 13.8. The summed E-state index contributed by atoms with van der Waals surface area (Å²) >= 11 is 0. The van der Waals surface area contributed by atoms with Gasteiger partial charge in [0.05, 0.1) is 24.2 Å². The lowest BCUT2D eigenvalue weighted by Crippen LogP contribution is -2.88. The highest BCUT2D eigenvalue weighted by Crippen LogP contribution is 2.73. The molecule has 2 saturated heterocycles. The molecule has 6 N–H and O–H groups in total. The second-order valence-corrected chi connectivity index (χ2v) is 9.90. The number of ketones is 1. The van der Waals surface area contributed by atoms with E-state index in [2.05, 4.69) is 0 Å². The first-order valence-electron chi connectivity index (χ1n) is 10.0. The highest BCUT2D eigenvalue weighted by atomic mass is 16.6. The van der Waals surface area contributed by atoms with Crippen LogP contribution in [0.2, 0.25) is 0 Å². The monoisotopic (exact) mass is 426 g/mol. The van der Waals surface area contributed by atoms with Crippen molar-refractivity contribution in [2.24, 2.45) is 22.7 Å². The number of ether oxygens (including phenoxy) is 2. The van der Waals surface area contributed by atoms with Gasteiger partial charge < -0.3 is 40.1 Å². The number of fused-ring (bicyclic) bond motifs is 2. The molecule has 2 aliphatic heterocycles. The topological polar surface area (TPSA) is 174 Å². The van der Waals surface area contributed by atoms with E-state index < -0.39 is 82.2 Å². The van der Waals surface area contributed by atoms with Crippen molar-refractivity contribution in [3.05, 3.63) is 11.6 Å². The fraction of sp³-hybridized carbons (Fsp3) is 0.800. The Labute approximate surface area is 171 Å². The molecule has 5 aliphatic rings. The second-order valence-electron chi connectivity index (χ2n) is 9.90. The maximum absolute atomic E-state index is 12.6. The molecule has 2 bridgehead atoms. The summed E-state index contributed by atoms with van der Waals surface area (Å²) in [6.07, 6.45) is -8.86. The quantitative estimate of drug-likeness (QED) is 0.219. The summed E-state index contributed by atoms with van der Waals surface area (Å²) in [6.45, 7) is 3.98. The van der Waals surface area contributed by atoms with Crippen LogP contribution in [0.5, 0.6) is 0 Å². The molecular formula is C20H26O10. The summed E-state index contributed by atoms with van der Waals surface area (Å²) in [5, 5.41) is 67.1. The van der Waals surface area contributed by atoms with E-state index in [1.807, 2.05) is 0 Å². The van der Waals surface area contributed by atoms with Crippen molar-refractivity contribution < 1.29 is 49.7 Å². The van der Waals surface area contributed by atoms with Crippen molar-refractivity contribution in [3.63, 3.8) is 0 Å². The van der Waals surface area contributed by atoms with Crippen LogP contribution in [0.1, 0.15) is 20.8 Å². The average molecular weight is 426 g/mol. The van der Waals surface area contributed by atoms with Crippen LogP contribution in [0, 0.1) is 22.7 Å². The lowest BCUT2D eigenvalue weighted by molar-refractivity contribution is -0.365. The number of aliphatic hydroxyl groups excluding tert-OH is 5. The minimum absolute atomic E-state index is 0.378. The van der Waals surface area contributed by atoms with E-state index in [0.717, 1.165) is 0 Å². The van der Waals surface area contributed by atoms with E-state index in [0.29, 0.717) is 5.57 Å². The molecule has 10 heteroatoms. The number of esters is 1. The average Bonchev–Trinajstić information content (AvgIpc) is 2.86. The SMILES string of the molecule is CC1=CC(=O)[C@@H](O)[C@@]2(C)[C@H]1[C@@H](O)[C@H]1OC(=O)[C@H](O)[C@]3(O)[C@]14CO[C@@]3(C)[C@@H](O)[C@H](O)[C@H]24. The Hall–Kier alpha value is -1.40. The lowest BCUT2D eigenvalue weighted by Gasteiger charge is -2.71. The van der Waals surface area contributed by atoms with Gasteiger partial charge in [0.25, 0.3) is 0 Å². The van der Waals surface area contributed by atoms with Crippen LogP contribution >= 0.6 is 0 Å². The zero-order valence-electron chi connectivity index (χ0n) is 16.7. The van der Waals surface area contributed by atoms with Gasteiger partial charge in [0.1, 0.15) is 29.5 Å². The third-order valence-corrected chi connectivity index (χ3v) is 8.94. The molecule has 10 nitrogen and oxygen atoms in total. The van der Waals surface area contributed by atoms with Gasteiger partial charge in [-0.1, -0.05) is 12.5 Å². The van der Waals surface area contributed by atoms with Crippen LogP contribution in [0.25, 0.3) is 0 Å². The molecule has 0 aromatic heterocycles. The third-order valence-electron chi connectivity index (χ3n) is 8.94. The molecule has 0 aromatic carbocycles. The molecule has 4 fully saturated rings. The molecule has 2 saturated carbocycles. The minimum Gasteiger partial charge on any atom is -0.457 e. The summed E-state index contributed by atoms with van der Waals surface area (Å²) < 4.78 is 11.2. The number of aliphatic hydroxyl groups is 6. The molecule has 30 heavy (non-hydrogen) atoms. The lowest BCUT2D eigenvalue weighted by atomic mass is 9.36. The van der Waals surface area contributed by atoms with E-state index in [4.69, 9.17) is 9.47 Å². The molecule has 1 spiro atoms. The van der Waals surface area contributed by atoms with Crippen molar-refractivity contribution in [1.29, 1.82) is 0 Å². The second kappa shape index (κ2) is 5.50. The molecule has 5 rings (SSSR count). The zero-order chi connectivity index (χ0) is 22.2. The maximum Gasteiger partial charge on any atom is 0.338 e. The standard InChI is InChI=1S/C20H26O10/c1-6-4-7(21)12(24)17(2)8(6)9(22)15-19-5-29-18(3,13(25)10(23)11(17)19)20(19,28)14(26)16(27)30-15/h4,8-15,22-26,28H,5H2,1-3H3/t8-,9-,10-,11-,12-,13+,14+,15-,17+,18+,19+,20-/m1/s1. The van der Waals surface area contributed by atoms with Crippen molar-refractivity contribution in [2.45, 2.75) is 68.6 Å². The van der Waals surface area contributed by atoms with Crippen LogP contribution in [0.3, 0.4) is 0 Å². The Morgan fingerprint density at radius 2 is 1.67 bits per heavy atom. The Morgan fingerprint density at radius 1 is 1.03 bits per heavy atom. The van der Waals surface area contributed by atoms with Gasteiger partial charge in [-0.05, 0) is 19.9 Å². The predicted octanol–water partition coefficient (Wildman–Crippen LogP) is -2.98. The van der Waals surface area contributed by atoms with Gasteiger partial charge in [0.2, 0.25) is 0 Å². The number of carbonyl (C=O) groups excluding carboxylic acids is 2. The maximum atomic E-state index is 12.6. The predicted molar refractivity (Wildman–Crippen MR) is 95.5 cm³/mol. The molecular weight excluding hydrogens is 400 g/mol. The summed E-state index contributed by atoms with van der Waals surface area (Å²) in [5.74, 6) is -4.01. The van der Waals surface area contributed by atoms with Gasteiger partial charge in [-0.2, -0.15) is 0 Å². The smallest absolute Gasteiger partial charge is 0.338 e. The third kappa shape index (κ3) is 1.69. The van der Waals surface area contributed by atoms with Gasteiger partial charge in [-0.15, -0.1) is 0 Å². The molecule has 166 valence electrons. The Bertz CT molecular complexity index is 887. The van der Waals surface area contributed by atoms with Crippen molar-refractivity contribution in [1.82, 2.24) is 0 Å². The van der Waals surface area contributed by atoms with E-state index in [1.54, 1.807) is 6.92 Å². The summed E-state index contributed by atoms with van der Waals surface area (Å²) in [7, 11) is 0. The molecule has 3 aliphatic carbocycles. The van der Waals surface area contributed by atoms with E-state index >= 15 is 0 Å². The number of carbonyl (C=O) groups is 2. The van der Waals surface area contributed by atoms with E-state index in [9.17, 15) is 40.2 Å². The van der Waals surface area contributed by atoms with Crippen LogP contribution < -0.4 is 0 Å². The highest BCUT2D eigenvalue weighted by Gasteiger charge is 2.89. The molecule has 2 heterocycles. The van der Waals surface area contributed by atoms with E-state index in [1.165, 1.54) is 19.9 Å². The molecule has 0 unspecified atom stereocenters. The first kappa shape index (κ1) is 20.5. The summed E-state index contributed by atoms with van der Waals surface area (Å²) in [6, 6.07) is 0. The number of hydrogen-bond donors (Lipinski definition) is 6. The molecule has 0 radical (unpaired) electrons. The highest BCUT2D eigenvalue weighted by molar-refractivity contribution is 5.96. The molecule has 0 aromatic rings. The van der Waals surface area contributed by atoms with Gasteiger partial charge >= 0.3 is 5.97 Å². The Morgan fingerprint density at radius 3 is 2.30 bits per heavy atom. The summed E-state index contributed by atoms with van der Waals surface area (Å²) in [4.78, 5) is 25.1. The van der Waals surface area contributed by atoms with Crippen LogP contribution in [0.4, 0.5) is 0 Å². The van der Waals surface area contributed by atoms with Gasteiger partial charge in [-0.25, -0.2) is 4.79 Å². The minimum atomic E-state index is -2.45. The molecule has 12 atom stereocenters. The van der Waals surface area contributed by atoms with Crippen LogP contribution in [-0.2, 0) is 19.1 Å². The van der Waals surface area contributed by atoms with E-state index in [-0.39, 0.29) is 6.61 Å². The van der Waals surface area contributed by atoms with Crippen molar-refractivity contribution in [3.8, 4) is 0 Å². The van der Waals surface area contributed by atoms with Crippen LogP contribution in [0.15, 0.2) is 11.6 Å². The molecule has 0 amide bonds.